The molecular weight excluding hydrogens is 404 g/mol. The van der Waals surface area contributed by atoms with Crippen molar-refractivity contribution in [3.8, 4) is 16.2 Å². The number of phenols is 1. The van der Waals surface area contributed by atoms with E-state index in [1.807, 2.05) is 24.4 Å². The summed E-state index contributed by atoms with van der Waals surface area (Å²) in [6.07, 6.45) is 7.93. The first-order chi connectivity index (χ1) is 15.0. The van der Waals surface area contributed by atoms with Gasteiger partial charge in [0.1, 0.15) is 5.75 Å². The smallest absolute Gasteiger partial charge is 0.338 e. The van der Waals surface area contributed by atoms with Crippen molar-refractivity contribution >= 4 is 28.1 Å². The molecule has 0 aliphatic heterocycles. The predicted octanol–water partition coefficient (Wildman–Crippen LogP) is 6.92. The van der Waals surface area contributed by atoms with Crippen LogP contribution in [0.15, 0.2) is 41.8 Å². The van der Waals surface area contributed by atoms with Gasteiger partial charge in [0.25, 0.3) is 0 Å². The summed E-state index contributed by atoms with van der Waals surface area (Å²) in [5.74, 6) is 2.75. The number of rotatable bonds is 4. The van der Waals surface area contributed by atoms with Gasteiger partial charge >= 0.3 is 5.97 Å². The fourth-order valence-electron chi connectivity index (χ4n) is 7.11. The van der Waals surface area contributed by atoms with Crippen LogP contribution in [0.3, 0.4) is 0 Å². The van der Waals surface area contributed by atoms with E-state index in [9.17, 15) is 9.90 Å². The molecule has 4 fully saturated rings. The van der Waals surface area contributed by atoms with Crippen molar-refractivity contribution in [1.29, 1.82) is 0 Å². The molecule has 2 aromatic carbocycles. The Morgan fingerprint density at radius 1 is 1.03 bits per heavy atom. The third kappa shape index (κ3) is 3.18. The van der Waals surface area contributed by atoms with E-state index >= 15 is 0 Å². The van der Waals surface area contributed by atoms with Crippen molar-refractivity contribution in [2.45, 2.75) is 50.9 Å². The maximum absolute atomic E-state index is 12.0. The van der Waals surface area contributed by atoms with Crippen molar-refractivity contribution in [1.82, 2.24) is 0 Å². The predicted molar refractivity (Wildman–Crippen MR) is 125 cm³/mol. The van der Waals surface area contributed by atoms with Crippen LogP contribution in [0.2, 0.25) is 0 Å². The molecule has 3 nitrogen and oxygen atoms in total. The van der Waals surface area contributed by atoms with Gasteiger partial charge in [-0.05, 0) is 109 Å². The highest BCUT2D eigenvalue weighted by Gasteiger charge is 2.52. The third-order valence-electron chi connectivity index (χ3n) is 7.96. The van der Waals surface area contributed by atoms with Crippen LogP contribution in [0.1, 0.15) is 61.4 Å². The Balaban J connectivity index is 1.39. The second-order valence-electron chi connectivity index (χ2n) is 10.0. The van der Waals surface area contributed by atoms with Gasteiger partial charge in [0, 0.05) is 15.8 Å². The van der Waals surface area contributed by atoms with Crippen molar-refractivity contribution < 1.29 is 14.6 Å². The Labute approximate surface area is 187 Å². The molecule has 1 heterocycles. The summed E-state index contributed by atoms with van der Waals surface area (Å²) >= 11 is 1.57. The van der Waals surface area contributed by atoms with Crippen LogP contribution in [0.5, 0.6) is 5.75 Å². The number of hydrogen-bond acceptors (Lipinski definition) is 4. The lowest BCUT2D eigenvalue weighted by Crippen LogP contribution is -2.48. The van der Waals surface area contributed by atoms with Crippen molar-refractivity contribution in [3.63, 3.8) is 0 Å². The molecule has 7 rings (SSSR count). The summed E-state index contributed by atoms with van der Waals surface area (Å²) in [4.78, 5) is 13.1. The molecule has 4 heteroatoms. The van der Waals surface area contributed by atoms with E-state index in [4.69, 9.17) is 4.74 Å². The first kappa shape index (κ1) is 19.4. The monoisotopic (exact) mass is 432 g/mol. The molecule has 31 heavy (non-hydrogen) atoms. The Bertz CT molecular complexity index is 1140. The van der Waals surface area contributed by atoms with Crippen LogP contribution in [-0.4, -0.2) is 17.7 Å². The molecule has 4 saturated carbocycles. The minimum Gasteiger partial charge on any atom is -0.508 e. The maximum Gasteiger partial charge on any atom is 0.338 e. The number of hydrogen-bond donors (Lipinski definition) is 1. The summed E-state index contributed by atoms with van der Waals surface area (Å²) in [7, 11) is 0. The minimum absolute atomic E-state index is 0.170. The van der Waals surface area contributed by atoms with Gasteiger partial charge in [-0.3, -0.25) is 0 Å². The van der Waals surface area contributed by atoms with Gasteiger partial charge in [-0.1, -0.05) is 12.1 Å². The average molecular weight is 433 g/mol. The summed E-state index contributed by atoms with van der Waals surface area (Å²) in [5, 5.41) is 15.1. The number of thiophene rings is 1. The van der Waals surface area contributed by atoms with Gasteiger partial charge in [0.05, 0.1) is 12.2 Å². The molecule has 3 aromatic rings. The Morgan fingerprint density at radius 2 is 1.74 bits per heavy atom. The number of aromatic hydroxyl groups is 1. The summed E-state index contributed by atoms with van der Waals surface area (Å²) in [5.41, 5.74) is 3.06. The number of benzene rings is 2. The Hall–Kier alpha value is -2.33. The van der Waals surface area contributed by atoms with Crippen LogP contribution in [-0.2, 0) is 10.2 Å². The standard InChI is InChI=1S/C27H28O3S/c1-2-30-26(29)22-11-25(31-15-22)20-4-3-19-10-24(28)23(9-21(19)8-20)27-12-16-5-17(13-27)7-18(6-16)14-27/h3-4,8-11,15-18,28H,2,5-7,12-14H2,1H3. The van der Waals surface area contributed by atoms with Crippen molar-refractivity contribution in [3.05, 3.63) is 52.9 Å². The highest BCUT2D eigenvalue weighted by Crippen LogP contribution is 2.62. The average Bonchev–Trinajstić information content (AvgIpc) is 3.22. The van der Waals surface area contributed by atoms with Gasteiger partial charge in [-0.25, -0.2) is 4.79 Å². The summed E-state index contributed by atoms with van der Waals surface area (Å²) in [6.45, 7) is 2.21. The van der Waals surface area contributed by atoms with E-state index in [-0.39, 0.29) is 11.4 Å². The van der Waals surface area contributed by atoms with Crippen LogP contribution in [0, 0.1) is 17.8 Å². The Morgan fingerprint density at radius 3 is 2.42 bits per heavy atom. The molecule has 0 spiro atoms. The van der Waals surface area contributed by atoms with Gasteiger partial charge in [0.15, 0.2) is 0 Å². The number of esters is 1. The molecule has 4 bridgehead atoms. The third-order valence-corrected chi connectivity index (χ3v) is 8.94. The van der Waals surface area contributed by atoms with E-state index < -0.39 is 0 Å². The number of phenolic OH excluding ortho intramolecular Hbond substituents is 1. The fraction of sp³-hybridized carbons (Fsp3) is 0.444. The summed E-state index contributed by atoms with van der Waals surface area (Å²) in [6, 6.07) is 12.5. The lowest BCUT2D eigenvalue weighted by Gasteiger charge is -2.57. The van der Waals surface area contributed by atoms with Crippen molar-refractivity contribution in [2.75, 3.05) is 6.61 Å². The SMILES string of the molecule is CCOC(=O)c1csc(-c2ccc3cc(O)c(C45CC6CC(CC(C6)C4)C5)cc3c2)c1. The molecule has 4 aliphatic rings. The lowest BCUT2D eigenvalue weighted by atomic mass is 9.48. The number of carbonyl (C=O) groups excluding carboxylic acids is 1. The molecule has 0 radical (unpaired) electrons. The molecule has 4 aliphatic carbocycles. The lowest BCUT2D eigenvalue weighted by molar-refractivity contribution is -0.00606. The maximum atomic E-state index is 12.0. The largest absolute Gasteiger partial charge is 0.508 e. The molecule has 0 unspecified atom stereocenters. The van der Waals surface area contributed by atoms with E-state index in [0.29, 0.717) is 17.9 Å². The van der Waals surface area contributed by atoms with Gasteiger partial charge in [0.2, 0.25) is 0 Å². The topological polar surface area (TPSA) is 46.5 Å². The van der Waals surface area contributed by atoms with Gasteiger partial charge < -0.3 is 9.84 Å². The van der Waals surface area contributed by atoms with E-state index in [2.05, 4.69) is 24.3 Å². The molecule has 0 amide bonds. The Kier molecular flexibility index (Phi) is 4.43. The highest BCUT2D eigenvalue weighted by molar-refractivity contribution is 7.13. The zero-order valence-corrected chi connectivity index (χ0v) is 18.7. The normalized spacial score (nSPS) is 28.9. The van der Waals surface area contributed by atoms with Crippen LogP contribution < -0.4 is 0 Å². The van der Waals surface area contributed by atoms with Gasteiger partial charge in [-0.2, -0.15) is 0 Å². The molecule has 160 valence electrons. The van der Waals surface area contributed by atoms with Crippen LogP contribution >= 0.6 is 11.3 Å². The molecule has 0 atom stereocenters. The van der Waals surface area contributed by atoms with E-state index in [1.165, 1.54) is 49.5 Å². The number of fused-ring (bicyclic) bond motifs is 1. The van der Waals surface area contributed by atoms with Gasteiger partial charge in [-0.15, -0.1) is 11.3 Å². The summed E-state index contributed by atoms with van der Waals surface area (Å²) < 4.78 is 5.13. The van der Waals surface area contributed by atoms with Crippen molar-refractivity contribution in [2.24, 2.45) is 17.8 Å². The first-order valence-corrected chi connectivity index (χ1v) is 12.4. The quantitative estimate of drug-likeness (QED) is 0.455. The molecule has 1 N–H and O–H groups in total. The van der Waals surface area contributed by atoms with E-state index in [1.54, 1.807) is 11.3 Å². The second kappa shape index (κ2) is 7.09. The highest BCUT2D eigenvalue weighted by atomic mass is 32.1. The molecule has 0 saturated heterocycles. The zero-order chi connectivity index (χ0) is 21.2. The fourth-order valence-corrected chi connectivity index (χ4v) is 7.99. The second-order valence-corrected chi connectivity index (χ2v) is 11.0. The number of carbonyl (C=O) groups is 1. The zero-order valence-electron chi connectivity index (χ0n) is 17.9. The van der Waals surface area contributed by atoms with Crippen LogP contribution in [0.25, 0.3) is 21.2 Å². The first-order valence-electron chi connectivity index (χ1n) is 11.6. The minimum atomic E-state index is -0.264. The van der Waals surface area contributed by atoms with Crippen LogP contribution in [0.4, 0.5) is 0 Å². The molecule has 1 aromatic heterocycles. The van der Waals surface area contributed by atoms with E-state index in [0.717, 1.165) is 33.6 Å². The number of ether oxygens (including phenoxy) is 1. The molecular formula is C27H28O3S.